The molecule has 2 atom stereocenters. The Morgan fingerprint density at radius 1 is 1.00 bits per heavy atom. The predicted octanol–water partition coefficient (Wildman–Crippen LogP) is 2.73. The highest BCUT2D eigenvalue weighted by molar-refractivity contribution is 5.83. The van der Waals surface area contributed by atoms with Crippen molar-refractivity contribution < 1.29 is 4.79 Å². The number of fused-ring (bicyclic) bond motifs is 3. The van der Waals surface area contributed by atoms with Crippen molar-refractivity contribution >= 4 is 5.91 Å². The molecule has 2 unspecified atom stereocenters. The summed E-state index contributed by atoms with van der Waals surface area (Å²) in [6, 6.07) is 18.9. The smallest absolute Gasteiger partial charge is 0.244 e. The van der Waals surface area contributed by atoms with Gasteiger partial charge in [-0.25, -0.2) is 0 Å². The Bertz CT molecular complexity index is 774. The molecule has 2 aromatic rings. The second kappa shape index (κ2) is 7.22. The van der Waals surface area contributed by atoms with E-state index in [-0.39, 0.29) is 11.9 Å². The van der Waals surface area contributed by atoms with Crippen LogP contribution in [0.15, 0.2) is 54.6 Å². The van der Waals surface area contributed by atoms with E-state index in [9.17, 15) is 4.79 Å². The number of likely N-dealkylation sites (N-methyl/N-ethyl adjacent to an activating group) is 1. The number of piperazine rings is 1. The summed E-state index contributed by atoms with van der Waals surface area (Å²) in [4.78, 5) is 20.0. The minimum Gasteiger partial charge on any atom is -0.338 e. The Balaban J connectivity index is 1.58. The third-order valence-electron chi connectivity index (χ3n) is 5.75. The summed E-state index contributed by atoms with van der Waals surface area (Å²) in [6.45, 7) is 3.65. The third-order valence-corrected chi connectivity index (χ3v) is 5.75. The first-order chi connectivity index (χ1) is 12.6. The first kappa shape index (κ1) is 17.3. The summed E-state index contributed by atoms with van der Waals surface area (Å²) >= 11 is 0. The Morgan fingerprint density at radius 2 is 1.73 bits per heavy atom. The Hall–Kier alpha value is -2.17. The zero-order valence-electron chi connectivity index (χ0n) is 15.6. The highest BCUT2D eigenvalue weighted by Crippen LogP contribution is 2.33. The fraction of sp³-hybridized carbons (Fsp3) is 0.409. The number of benzene rings is 2. The number of hydrogen-bond donors (Lipinski definition) is 0. The maximum atomic E-state index is 13.4. The molecule has 0 aromatic heterocycles. The van der Waals surface area contributed by atoms with E-state index in [1.807, 2.05) is 37.2 Å². The molecule has 1 amide bonds. The number of amides is 1. The van der Waals surface area contributed by atoms with Gasteiger partial charge in [-0.3, -0.25) is 14.6 Å². The summed E-state index contributed by atoms with van der Waals surface area (Å²) < 4.78 is 0. The Kier molecular flexibility index (Phi) is 4.79. The third kappa shape index (κ3) is 3.15. The summed E-state index contributed by atoms with van der Waals surface area (Å²) in [7, 11) is 3.98. The molecule has 2 heterocycles. The molecule has 0 spiro atoms. The van der Waals surface area contributed by atoms with Gasteiger partial charge in [0.05, 0.1) is 6.04 Å². The van der Waals surface area contributed by atoms with Crippen LogP contribution in [-0.4, -0.2) is 60.9 Å². The van der Waals surface area contributed by atoms with Crippen LogP contribution in [-0.2, 0) is 11.2 Å². The predicted molar refractivity (Wildman–Crippen MR) is 104 cm³/mol. The lowest BCUT2D eigenvalue weighted by atomic mass is 9.90. The van der Waals surface area contributed by atoms with Crippen molar-refractivity contribution in [3.05, 3.63) is 71.3 Å². The Labute approximate surface area is 156 Å². The second-order valence-corrected chi connectivity index (χ2v) is 7.56. The fourth-order valence-corrected chi connectivity index (χ4v) is 4.40. The van der Waals surface area contributed by atoms with Crippen LogP contribution in [0.5, 0.6) is 0 Å². The molecule has 4 rings (SSSR count). The molecule has 2 aliphatic rings. The minimum absolute atomic E-state index is 0.212. The number of rotatable bonds is 3. The van der Waals surface area contributed by atoms with E-state index in [4.69, 9.17) is 0 Å². The van der Waals surface area contributed by atoms with Crippen LogP contribution in [0.4, 0.5) is 0 Å². The molecular weight excluding hydrogens is 322 g/mol. The SMILES string of the molecule is CN(C)C(C(=O)N1CCN2CCc3ccccc3C2C1)c1ccccc1. The van der Waals surface area contributed by atoms with E-state index < -0.39 is 0 Å². The fourth-order valence-electron chi connectivity index (χ4n) is 4.40. The van der Waals surface area contributed by atoms with Gasteiger partial charge in [0, 0.05) is 26.2 Å². The first-order valence-electron chi connectivity index (χ1n) is 9.47. The molecule has 1 saturated heterocycles. The average molecular weight is 349 g/mol. The van der Waals surface area contributed by atoms with E-state index >= 15 is 0 Å². The molecule has 0 aliphatic carbocycles. The van der Waals surface area contributed by atoms with Crippen LogP contribution in [0.3, 0.4) is 0 Å². The van der Waals surface area contributed by atoms with E-state index in [0.717, 1.165) is 38.2 Å². The van der Waals surface area contributed by atoms with Gasteiger partial charge in [0.1, 0.15) is 6.04 Å². The summed E-state index contributed by atoms with van der Waals surface area (Å²) in [5.41, 5.74) is 3.90. The van der Waals surface area contributed by atoms with Gasteiger partial charge in [-0.15, -0.1) is 0 Å². The maximum Gasteiger partial charge on any atom is 0.244 e. The van der Waals surface area contributed by atoms with Crippen molar-refractivity contribution in [1.82, 2.24) is 14.7 Å². The molecule has 4 nitrogen and oxygen atoms in total. The molecule has 136 valence electrons. The molecule has 0 N–H and O–H groups in total. The van der Waals surface area contributed by atoms with Crippen LogP contribution in [0.25, 0.3) is 0 Å². The zero-order valence-corrected chi connectivity index (χ0v) is 15.6. The van der Waals surface area contributed by atoms with Crippen LogP contribution in [0.1, 0.15) is 28.8 Å². The molecule has 1 fully saturated rings. The average Bonchev–Trinajstić information content (AvgIpc) is 2.68. The van der Waals surface area contributed by atoms with Gasteiger partial charge in [0.15, 0.2) is 0 Å². The minimum atomic E-state index is -0.221. The number of nitrogens with zero attached hydrogens (tertiary/aromatic N) is 3. The van der Waals surface area contributed by atoms with E-state index in [2.05, 4.69) is 46.2 Å². The highest BCUT2D eigenvalue weighted by atomic mass is 16.2. The summed E-state index contributed by atoms with van der Waals surface area (Å²) in [5.74, 6) is 0.212. The second-order valence-electron chi connectivity index (χ2n) is 7.56. The molecule has 2 aromatic carbocycles. The molecule has 0 radical (unpaired) electrons. The first-order valence-corrected chi connectivity index (χ1v) is 9.47. The summed E-state index contributed by atoms with van der Waals surface area (Å²) in [5, 5.41) is 0. The van der Waals surface area contributed by atoms with Gasteiger partial charge >= 0.3 is 0 Å². The van der Waals surface area contributed by atoms with Crippen LogP contribution >= 0.6 is 0 Å². The van der Waals surface area contributed by atoms with Gasteiger partial charge in [-0.1, -0.05) is 54.6 Å². The number of carbonyl (C=O) groups excluding carboxylic acids is 1. The molecule has 26 heavy (non-hydrogen) atoms. The van der Waals surface area contributed by atoms with Crippen molar-refractivity contribution in [2.75, 3.05) is 40.3 Å². The highest BCUT2D eigenvalue weighted by Gasteiger charge is 2.36. The largest absolute Gasteiger partial charge is 0.338 e. The lowest BCUT2D eigenvalue weighted by Crippen LogP contribution is -2.54. The quantitative estimate of drug-likeness (QED) is 0.852. The van der Waals surface area contributed by atoms with Gasteiger partial charge < -0.3 is 4.90 Å². The molecule has 2 aliphatic heterocycles. The van der Waals surface area contributed by atoms with Crippen LogP contribution < -0.4 is 0 Å². The lowest BCUT2D eigenvalue weighted by molar-refractivity contribution is -0.139. The van der Waals surface area contributed by atoms with Crippen molar-refractivity contribution in [3.8, 4) is 0 Å². The van der Waals surface area contributed by atoms with Crippen LogP contribution in [0.2, 0.25) is 0 Å². The summed E-state index contributed by atoms with van der Waals surface area (Å²) in [6.07, 6.45) is 1.12. The number of hydrogen-bond acceptors (Lipinski definition) is 3. The number of carbonyl (C=O) groups is 1. The lowest BCUT2D eigenvalue weighted by Gasteiger charge is -2.46. The monoisotopic (exact) mass is 349 g/mol. The van der Waals surface area contributed by atoms with E-state index in [1.165, 1.54) is 11.1 Å². The van der Waals surface area contributed by atoms with Gasteiger partial charge in [-0.05, 0) is 37.2 Å². The Morgan fingerprint density at radius 3 is 2.50 bits per heavy atom. The molecule has 0 bridgehead atoms. The normalized spacial score (nSPS) is 21.2. The standard InChI is InChI=1S/C22H27N3O/c1-23(2)21(18-9-4-3-5-10-18)22(26)25-15-14-24-13-12-17-8-6-7-11-19(17)20(24)16-25/h3-11,20-21H,12-16H2,1-2H3. The van der Waals surface area contributed by atoms with Crippen molar-refractivity contribution in [1.29, 1.82) is 0 Å². The van der Waals surface area contributed by atoms with Gasteiger partial charge in [0.2, 0.25) is 5.91 Å². The molecule has 0 saturated carbocycles. The van der Waals surface area contributed by atoms with Crippen molar-refractivity contribution in [2.45, 2.75) is 18.5 Å². The van der Waals surface area contributed by atoms with Crippen LogP contribution in [0, 0.1) is 0 Å². The van der Waals surface area contributed by atoms with Crippen molar-refractivity contribution in [3.63, 3.8) is 0 Å². The molecular formula is C22H27N3O. The van der Waals surface area contributed by atoms with Crippen molar-refractivity contribution in [2.24, 2.45) is 0 Å². The van der Waals surface area contributed by atoms with Gasteiger partial charge in [0.25, 0.3) is 0 Å². The topological polar surface area (TPSA) is 26.8 Å². The maximum absolute atomic E-state index is 13.4. The molecule has 4 heteroatoms. The zero-order chi connectivity index (χ0) is 18.1. The van der Waals surface area contributed by atoms with E-state index in [1.54, 1.807) is 0 Å². The van der Waals surface area contributed by atoms with Gasteiger partial charge in [-0.2, -0.15) is 0 Å². The van der Waals surface area contributed by atoms with E-state index in [0.29, 0.717) is 6.04 Å².